The van der Waals surface area contributed by atoms with Crippen LogP contribution in [-0.4, -0.2) is 12.7 Å². The lowest BCUT2D eigenvalue weighted by Gasteiger charge is -2.27. The van der Waals surface area contributed by atoms with Crippen molar-refractivity contribution in [1.29, 1.82) is 0 Å². The fourth-order valence-corrected chi connectivity index (χ4v) is 1.89. The van der Waals surface area contributed by atoms with E-state index >= 15 is 0 Å². The average Bonchev–Trinajstić information content (AvgIpc) is 2.00. The van der Waals surface area contributed by atoms with Gasteiger partial charge in [0, 0.05) is 6.61 Å². The van der Waals surface area contributed by atoms with Crippen molar-refractivity contribution in [2.75, 3.05) is 6.61 Å². The second-order valence-corrected chi connectivity index (χ2v) is 3.92. The molecule has 1 heterocycles. The van der Waals surface area contributed by atoms with Gasteiger partial charge in [-0.25, -0.2) is 0 Å². The van der Waals surface area contributed by atoms with E-state index in [4.69, 9.17) is 4.74 Å². The third kappa shape index (κ3) is 3.14. The Morgan fingerprint density at radius 1 is 1.33 bits per heavy atom. The van der Waals surface area contributed by atoms with Crippen molar-refractivity contribution >= 4 is 0 Å². The summed E-state index contributed by atoms with van der Waals surface area (Å²) in [6.07, 6.45) is 8.71. The molecular weight excluding hydrogens is 148 g/mol. The zero-order chi connectivity index (χ0) is 8.81. The Balaban J connectivity index is 2.01. The topological polar surface area (TPSA) is 9.23 Å². The van der Waals surface area contributed by atoms with Crippen LogP contribution in [-0.2, 0) is 4.74 Å². The van der Waals surface area contributed by atoms with Crippen LogP contribution < -0.4 is 0 Å². The highest BCUT2D eigenvalue weighted by Crippen LogP contribution is 2.23. The monoisotopic (exact) mass is 170 g/mol. The van der Waals surface area contributed by atoms with Crippen molar-refractivity contribution in [3.8, 4) is 0 Å². The molecule has 0 radical (unpaired) electrons. The van der Waals surface area contributed by atoms with Crippen LogP contribution in [0.4, 0.5) is 0 Å². The molecule has 0 amide bonds. The zero-order valence-electron chi connectivity index (χ0n) is 8.51. The molecule has 0 saturated carbocycles. The maximum atomic E-state index is 5.40. The number of ether oxygens (including phenoxy) is 1. The summed E-state index contributed by atoms with van der Waals surface area (Å²) >= 11 is 0. The molecule has 1 nitrogen and oxygen atoms in total. The summed E-state index contributed by atoms with van der Waals surface area (Å²) in [5, 5.41) is 0. The largest absolute Gasteiger partial charge is 0.378 e. The third-order valence-corrected chi connectivity index (χ3v) is 2.96. The Morgan fingerprint density at radius 2 is 2.08 bits per heavy atom. The van der Waals surface area contributed by atoms with Crippen LogP contribution in [0.25, 0.3) is 0 Å². The maximum Gasteiger partial charge on any atom is 0.0597 e. The van der Waals surface area contributed by atoms with Crippen LogP contribution in [0.15, 0.2) is 0 Å². The van der Waals surface area contributed by atoms with Crippen molar-refractivity contribution in [2.24, 2.45) is 5.92 Å². The van der Waals surface area contributed by atoms with Gasteiger partial charge in [0.05, 0.1) is 6.10 Å². The van der Waals surface area contributed by atoms with Crippen molar-refractivity contribution in [1.82, 2.24) is 0 Å². The van der Waals surface area contributed by atoms with E-state index in [-0.39, 0.29) is 0 Å². The van der Waals surface area contributed by atoms with Crippen LogP contribution >= 0.6 is 0 Å². The molecule has 2 unspecified atom stereocenters. The van der Waals surface area contributed by atoms with Crippen molar-refractivity contribution in [2.45, 2.75) is 58.5 Å². The molecule has 2 atom stereocenters. The standard InChI is InChI=1S/C11H22O/c1-3-5-10(4-2)6-7-11-8-9-12-11/h10-11H,3-9H2,1-2H3. The third-order valence-electron chi connectivity index (χ3n) is 2.96. The highest BCUT2D eigenvalue weighted by molar-refractivity contribution is 4.68. The average molecular weight is 170 g/mol. The molecule has 0 aromatic heterocycles. The first-order chi connectivity index (χ1) is 5.86. The maximum absolute atomic E-state index is 5.40. The summed E-state index contributed by atoms with van der Waals surface area (Å²) in [7, 11) is 0. The molecule has 0 aromatic rings. The highest BCUT2D eigenvalue weighted by Gasteiger charge is 2.18. The quantitative estimate of drug-likeness (QED) is 0.593. The Bertz CT molecular complexity index is 108. The number of hydrogen-bond acceptors (Lipinski definition) is 1. The van der Waals surface area contributed by atoms with Crippen LogP contribution in [0.3, 0.4) is 0 Å². The van der Waals surface area contributed by atoms with Gasteiger partial charge < -0.3 is 4.74 Å². The Labute approximate surface area is 76.5 Å². The minimum Gasteiger partial charge on any atom is -0.378 e. The van der Waals surface area contributed by atoms with Crippen LogP contribution in [0, 0.1) is 5.92 Å². The first-order valence-electron chi connectivity index (χ1n) is 5.48. The van der Waals surface area contributed by atoms with E-state index in [1.807, 2.05) is 0 Å². The molecular formula is C11H22O. The highest BCUT2D eigenvalue weighted by atomic mass is 16.5. The molecule has 72 valence electrons. The SMILES string of the molecule is CCCC(CC)CCC1CCO1. The second kappa shape index (κ2) is 5.58. The molecule has 1 fully saturated rings. The van der Waals surface area contributed by atoms with E-state index in [9.17, 15) is 0 Å². The Hall–Kier alpha value is -0.0400. The fraction of sp³-hybridized carbons (Fsp3) is 1.00. The van der Waals surface area contributed by atoms with Crippen molar-refractivity contribution < 1.29 is 4.74 Å². The van der Waals surface area contributed by atoms with Gasteiger partial charge in [0.15, 0.2) is 0 Å². The lowest BCUT2D eigenvalue weighted by atomic mass is 9.92. The minimum atomic E-state index is 0.621. The van der Waals surface area contributed by atoms with E-state index < -0.39 is 0 Å². The molecule has 0 aromatic carbocycles. The van der Waals surface area contributed by atoms with Gasteiger partial charge in [-0.15, -0.1) is 0 Å². The van der Waals surface area contributed by atoms with E-state index in [0.717, 1.165) is 12.5 Å². The summed E-state index contributed by atoms with van der Waals surface area (Å²) < 4.78 is 5.40. The van der Waals surface area contributed by atoms with Gasteiger partial charge in [-0.3, -0.25) is 0 Å². The normalized spacial score (nSPS) is 25.0. The Morgan fingerprint density at radius 3 is 2.50 bits per heavy atom. The van der Waals surface area contributed by atoms with E-state index in [1.54, 1.807) is 0 Å². The van der Waals surface area contributed by atoms with Gasteiger partial charge in [-0.05, 0) is 25.2 Å². The molecule has 1 rings (SSSR count). The fourth-order valence-electron chi connectivity index (χ4n) is 1.89. The molecule has 0 bridgehead atoms. The van der Waals surface area contributed by atoms with Gasteiger partial charge in [-0.2, -0.15) is 0 Å². The summed E-state index contributed by atoms with van der Waals surface area (Å²) in [6.45, 7) is 5.60. The van der Waals surface area contributed by atoms with Crippen LogP contribution in [0.5, 0.6) is 0 Å². The predicted molar refractivity (Wildman–Crippen MR) is 52.3 cm³/mol. The van der Waals surface area contributed by atoms with Crippen LogP contribution in [0.1, 0.15) is 52.4 Å². The molecule has 12 heavy (non-hydrogen) atoms. The minimum absolute atomic E-state index is 0.621. The van der Waals surface area contributed by atoms with Crippen molar-refractivity contribution in [3.05, 3.63) is 0 Å². The van der Waals surface area contributed by atoms with Crippen molar-refractivity contribution in [3.63, 3.8) is 0 Å². The van der Waals surface area contributed by atoms with Gasteiger partial charge in [0.25, 0.3) is 0 Å². The molecule has 1 aliphatic heterocycles. The van der Waals surface area contributed by atoms with Gasteiger partial charge in [0.1, 0.15) is 0 Å². The Kier molecular flexibility index (Phi) is 4.67. The summed E-state index contributed by atoms with van der Waals surface area (Å²) in [5.74, 6) is 0.958. The molecule has 0 aliphatic carbocycles. The smallest absolute Gasteiger partial charge is 0.0597 e. The van der Waals surface area contributed by atoms with E-state index in [2.05, 4.69) is 13.8 Å². The lowest BCUT2D eigenvalue weighted by molar-refractivity contribution is -0.0575. The van der Waals surface area contributed by atoms with Gasteiger partial charge >= 0.3 is 0 Å². The summed E-state index contributed by atoms with van der Waals surface area (Å²) in [5.41, 5.74) is 0. The zero-order valence-corrected chi connectivity index (χ0v) is 8.51. The number of rotatable bonds is 6. The van der Waals surface area contributed by atoms with Gasteiger partial charge in [0.2, 0.25) is 0 Å². The van der Waals surface area contributed by atoms with E-state index in [1.165, 1.54) is 38.5 Å². The first-order valence-corrected chi connectivity index (χ1v) is 5.48. The molecule has 1 heteroatoms. The molecule has 1 aliphatic rings. The molecule has 0 spiro atoms. The van der Waals surface area contributed by atoms with Gasteiger partial charge in [-0.1, -0.05) is 33.1 Å². The molecule has 1 saturated heterocycles. The lowest BCUT2D eigenvalue weighted by Crippen LogP contribution is -2.27. The van der Waals surface area contributed by atoms with E-state index in [0.29, 0.717) is 6.10 Å². The summed E-state index contributed by atoms with van der Waals surface area (Å²) in [4.78, 5) is 0. The van der Waals surface area contributed by atoms with Crippen LogP contribution in [0.2, 0.25) is 0 Å². The predicted octanol–water partition coefficient (Wildman–Crippen LogP) is 3.38. The molecule has 0 N–H and O–H groups in total. The number of hydrogen-bond donors (Lipinski definition) is 0. The summed E-state index contributed by atoms with van der Waals surface area (Å²) in [6, 6.07) is 0. The first kappa shape index (κ1) is 10.0. The second-order valence-electron chi connectivity index (χ2n) is 3.92.